The number of benzene rings is 2. The van der Waals surface area contributed by atoms with Crippen molar-refractivity contribution >= 4 is 26.7 Å². The lowest BCUT2D eigenvalue weighted by molar-refractivity contribution is 0.281. The van der Waals surface area contributed by atoms with Crippen molar-refractivity contribution < 1.29 is 9.84 Å². The maximum atomic E-state index is 9.13. The average Bonchev–Trinajstić information content (AvgIpc) is 2.50. The zero-order valence-corrected chi connectivity index (χ0v) is 12.2. The average molecular weight is 330 g/mol. The highest BCUT2D eigenvalue weighted by atomic mass is 79.9. The molecule has 3 rings (SSSR count). The molecule has 0 aliphatic heterocycles. The Bertz CT molecular complexity index is 758. The van der Waals surface area contributed by atoms with E-state index in [4.69, 9.17) is 9.84 Å². The van der Waals surface area contributed by atoms with Gasteiger partial charge >= 0.3 is 0 Å². The monoisotopic (exact) mass is 329 g/mol. The second-order valence-electron chi connectivity index (χ2n) is 4.36. The van der Waals surface area contributed by atoms with Crippen LogP contribution in [0.4, 0.5) is 0 Å². The second kappa shape index (κ2) is 5.61. The highest BCUT2D eigenvalue weighted by Gasteiger charge is 2.08. The zero-order valence-electron chi connectivity index (χ0n) is 10.6. The third kappa shape index (κ3) is 2.53. The summed E-state index contributed by atoms with van der Waals surface area (Å²) in [4.78, 5) is 4.15. The minimum Gasteiger partial charge on any atom is -0.438 e. The Morgan fingerprint density at radius 3 is 2.80 bits per heavy atom. The number of hydrogen-bond donors (Lipinski definition) is 1. The van der Waals surface area contributed by atoms with Crippen LogP contribution >= 0.6 is 15.9 Å². The van der Waals surface area contributed by atoms with Crippen molar-refractivity contribution in [2.24, 2.45) is 0 Å². The Labute approximate surface area is 125 Å². The molecule has 3 aromatic rings. The fourth-order valence-electron chi connectivity index (χ4n) is 2.01. The van der Waals surface area contributed by atoms with Crippen LogP contribution in [-0.2, 0) is 6.61 Å². The van der Waals surface area contributed by atoms with Crippen molar-refractivity contribution in [3.05, 3.63) is 64.8 Å². The van der Waals surface area contributed by atoms with Crippen LogP contribution < -0.4 is 4.74 Å². The van der Waals surface area contributed by atoms with E-state index in [0.717, 1.165) is 20.8 Å². The van der Waals surface area contributed by atoms with Gasteiger partial charge in [-0.2, -0.15) is 0 Å². The van der Waals surface area contributed by atoms with Gasteiger partial charge in [0.25, 0.3) is 0 Å². The lowest BCUT2D eigenvalue weighted by Gasteiger charge is -2.09. The smallest absolute Gasteiger partial charge is 0.219 e. The van der Waals surface area contributed by atoms with Crippen LogP contribution in [0.15, 0.2) is 59.2 Å². The number of aliphatic hydroxyl groups is 1. The molecule has 20 heavy (non-hydrogen) atoms. The molecule has 1 aromatic heterocycles. The minimum absolute atomic E-state index is 0.0300. The number of pyridine rings is 1. The molecule has 0 aliphatic rings. The molecule has 0 amide bonds. The van der Waals surface area contributed by atoms with Crippen LogP contribution in [0.5, 0.6) is 11.6 Å². The van der Waals surface area contributed by atoms with Gasteiger partial charge in [0, 0.05) is 12.3 Å². The lowest BCUT2D eigenvalue weighted by atomic mass is 10.1. The Morgan fingerprint density at radius 2 is 1.95 bits per heavy atom. The number of rotatable bonds is 3. The van der Waals surface area contributed by atoms with E-state index in [0.29, 0.717) is 11.6 Å². The molecule has 0 radical (unpaired) electrons. The Morgan fingerprint density at radius 1 is 1.10 bits per heavy atom. The summed E-state index contributed by atoms with van der Waals surface area (Å²) in [5.41, 5.74) is 0.770. The number of fused-ring (bicyclic) bond motifs is 1. The summed E-state index contributed by atoms with van der Waals surface area (Å²) in [7, 11) is 0. The molecule has 0 atom stereocenters. The molecule has 0 spiro atoms. The van der Waals surface area contributed by atoms with Crippen molar-refractivity contribution in [2.75, 3.05) is 0 Å². The molecule has 0 aliphatic carbocycles. The topological polar surface area (TPSA) is 42.4 Å². The summed E-state index contributed by atoms with van der Waals surface area (Å²) in [5, 5.41) is 11.4. The van der Waals surface area contributed by atoms with Crippen molar-refractivity contribution in [1.29, 1.82) is 0 Å². The molecule has 0 unspecified atom stereocenters. The van der Waals surface area contributed by atoms with Gasteiger partial charge in [0.1, 0.15) is 5.75 Å². The van der Waals surface area contributed by atoms with E-state index in [1.54, 1.807) is 18.3 Å². The first-order chi connectivity index (χ1) is 9.78. The number of nitrogens with zero attached hydrogens (tertiary/aromatic N) is 1. The maximum absolute atomic E-state index is 9.13. The zero-order chi connectivity index (χ0) is 13.9. The van der Waals surface area contributed by atoms with Gasteiger partial charge in [-0.15, -0.1) is 0 Å². The Balaban J connectivity index is 2.00. The van der Waals surface area contributed by atoms with E-state index in [2.05, 4.69) is 27.0 Å². The van der Waals surface area contributed by atoms with Gasteiger partial charge in [0.15, 0.2) is 0 Å². The largest absolute Gasteiger partial charge is 0.438 e. The van der Waals surface area contributed by atoms with Crippen LogP contribution in [0.25, 0.3) is 10.8 Å². The molecular weight excluding hydrogens is 318 g/mol. The number of hydrogen-bond acceptors (Lipinski definition) is 3. The standard InChI is InChI=1S/C16H12BrNO2/c17-16-13-4-2-1-3-12(13)5-6-14(16)20-15-9-11(10-19)7-8-18-15/h1-9,19H,10H2. The molecular formula is C16H12BrNO2. The van der Waals surface area contributed by atoms with Crippen LogP contribution in [0, 0.1) is 0 Å². The SMILES string of the molecule is OCc1ccnc(Oc2ccc3ccccc3c2Br)c1. The van der Waals surface area contributed by atoms with Gasteiger partial charge in [0.05, 0.1) is 11.1 Å². The maximum Gasteiger partial charge on any atom is 0.219 e. The summed E-state index contributed by atoms with van der Waals surface area (Å²) in [6.07, 6.45) is 1.62. The van der Waals surface area contributed by atoms with Gasteiger partial charge in [-0.25, -0.2) is 4.98 Å². The highest BCUT2D eigenvalue weighted by Crippen LogP contribution is 2.35. The predicted molar refractivity (Wildman–Crippen MR) is 81.9 cm³/mol. The molecule has 2 aromatic carbocycles. The summed E-state index contributed by atoms with van der Waals surface area (Å²) in [6.45, 7) is -0.0300. The fourth-order valence-corrected chi connectivity index (χ4v) is 2.58. The highest BCUT2D eigenvalue weighted by molar-refractivity contribution is 9.10. The molecule has 100 valence electrons. The molecule has 0 bridgehead atoms. The van der Waals surface area contributed by atoms with Crippen molar-refractivity contribution in [2.45, 2.75) is 6.61 Å². The van der Waals surface area contributed by atoms with E-state index in [1.807, 2.05) is 30.3 Å². The van der Waals surface area contributed by atoms with Crippen LogP contribution in [0.1, 0.15) is 5.56 Å². The van der Waals surface area contributed by atoms with Crippen LogP contribution in [0.2, 0.25) is 0 Å². The van der Waals surface area contributed by atoms with Crippen molar-refractivity contribution in [3.8, 4) is 11.6 Å². The molecule has 3 nitrogen and oxygen atoms in total. The molecule has 0 saturated heterocycles. The van der Waals surface area contributed by atoms with E-state index in [9.17, 15) is 0 Å². The Kier molecular flexibility index (Phi) is 3.67. The molecule has 0 fully saturated rings. The third-order valence-electron chi connectivity index (χ3n) is 3.02. The lowest BCUT2D eigenvalue weighted by Crippen LogP contribution is -1.91. The molecule has 1 heterocycles. The van der Waals surface area contributed by atoms with Gasteiger partial charge < -0.3 is 9.84 Å². The number of halogens is 1. The quantitative estimate of drug-likeness (QED) is 0.779. The molecule has 1 N–H and O–H groups in total. The number of aromatic nitrogens is 1. The van der Waals surface area contributed by atoms with Gasteiger partial charge in [-0.1, -0.05) is 30.3 Å². The fraction of sp³-hybridized carbons (Fsp3) is 0.0625. The van der Waals surface area contributed by atoms with E-state index >= 15 is 0 Å². The van der Waals surface area contributed by atoms with Gasteiger partial charge in [-0.3, -0.25) is 0 Å². The summed E-state index contributed by atoms with van der Waals surface area (Å²) < 4.78 is 6.69. The first-order valence-electron chi connectivity index (χ1n) is 6.19. The predicted octanol–water partition coefficient (Wildman–Crippen LogP) is 4.28. The van der Waals surface area contributed by atoms with Gasteiger partial charge in [0.2, 0.25) is 5.88 Å². The Hall–Kier alpha value is -1.91. The minimum atomic E-state index is -0.0300. The van der Waals surface area contributed by atoms with Crippen molar-refractivity contribution in [3.63, 3.8) is 0 Å². The van der Waals surface area contributed by atoms with E-state index in [1.165, 1.54) is 0 Å². The van der Waals surface area contributed by atoms with Crippen molar-refractivity contribution in [1.82, 2.24) is 4.98 Å². The number of ether oxygens (including phenoxy) is 1. The summed E-state index contributed by atoms with van der Waals surface area (Å²) in [6, 6.07) is 15.5. The first kappa shape index (κ1) is 13.1. The second-order valence-corrected chi connectivity index (χ2v) is 5.15. The summed E-state index contributed by atoms with van der Waals surface area (Å²) >= 11 is 3.57. The summed E-state index contributed by atoms with van der Waals surface area (Å²) in [5.74, 6) is 1.17. The normalized spacial score (nSPS) is 10.7. The molecule has 4 heteroatoms. The number of aliphatic hydroxyl groups excluding tert-OH is 1. The van der Waals surface area contributed by atoms with Crippen LogP contribution in [0.3, 0.4) is 0 Å². The van der Waals surface area contributed by atoms with Crippen LogP contribution in [-0.4, -0.2) is 10.1 Å². The van der Waals surface area contributed by atoms with Gasteiger partial charge in [-0.05, 0) is 44.4 Å². The molecule has 0 saturated carbocycles. The third-order valence-corrected chi connectivity index (χ3v) is 3.84. The van der Waals surface area contributed by atoms with E-state index < -0.39 is 0 Å². The first-order valence-corrected chi connectivity index (χ1v) is 6.98. The van der Waals surface area contributed by atoms with E-state index in [-0.39, 0.29) is 6.61 Å².